The van der Waals surface area contributed by atoms with Crippen LogP contribution in [0, 0.1) is 0 Å². The summed E-state index contributed by atoms with van der Waals surface area (Å²) in [7, 11) is 0. The van der Waals surface area contributed by atoms with E-state index in [-0.39, 0.29) is 18.8 Å². The maximum absolute atomic E-state index is 12.8. The van der Waals surface area contributed by atoms with Gasteiger partial charge in [0.2, 0.25) is 0 Å². The summed E-state index contributed by atoms with van der Waals surface area (Å²) >= 11 is 0. The van der Waals surface area contributed by atoms with Gasteiger partial charge in [-0.2, -0.15) is 13.2 Å². The number of aliphatic hydroxyl groups excluding tert-OH is 2. The summed E-state index contributed by atoms with van der Waals surface area (Å²) in [4.78, 5) is 7.12. The fourth-order valence-electron chi connectivity index (χ4n) is 2.92. The van der Waals surface area contributed by atoms with Crippen molar-refractivity contribution in [1.29, 1.82) is 0 Å². The van der Waals surface area contributed by atoms with Gasteiger partial charge in [0.25, 0.3) is 0 Å². The Hall–Kier alpha value is -2.23. The molecule has 0 unspecified atom stereocenters. The molecular formula is C17H18F3N3O3. The highest BCUT2D eigenvalue weighted by Crippen LogP contribution is 2.34. The molecule has 3 rings (SSSR count). The van der Waals surface area contributed by atoms with Crippen LogP contribution in [0.5, 0.6) is 0 Å². The summed E-state index contributed by atoms with van der Waals surface area (Å²) in [6, 6.07) is 8.50. The van der Waals surface area contributed by atoms with Crippen molar-refractivity contribution in [3.8, 4) is 0 Å². The number of aromatic nitrogens is 2. The number of halogens is 3. The molecule has 0 aliphatic carbocycles. The summed E-state index contributed by atoms with van der Waals surface area (Å²) in [5.41, 5.74) is -0.334. The van der Waals surface area contributed by atoms with E-state index in [1.54, 1.807) is 12.1 Å². The van der Waals surface area contributed by atoms with Crippen LogP contribution in [0.2, 0.25) is 0 Å². The van der Waals surface area contributed by atoms with E-state index in [1.165, 1.54) is 6.20 Å². The zero-order valence-corrected chi connectivity index (χ0v) is 13.6. The van der Waals surface area contributed by atoms with Crippen molar-refractivity contribution in [3.05, 3.63) is 54.0 Å². The van der Waals surface area contributed by atoms with Crippen LogP contribution in [-0.4, -0.2) is 45.0 Å². The van der Waals surface area contributed by atoms with Crippen molar-refractivity contribution >= 4 is 5.82 Å². The van der Waals surface area contributed by atoms with Gasteiger partial charge in [-0.15, -0.1) is 0 Å². The molecule has 1 fully saturated rings. The van der Waals surface area contributed by atoms with Gasteiger partial charge in [-0.25, -0.2) is 4.98 Å². The topological polar surface area (TPSA) is 87.5 Å². The van der Waals surface area contributed by atoms with Crippen molar-refractivity contribution in [3.63, 3.8) is 0 Å². The number of alkyl halides is 3. The van der Waals surface area contributed by atoms with E-state index in [4.69, 9.17) is 4.74 Å². The SMILES string of the molecule is OC[C@H]1O[C@H](c2ccccc2)[C@H](Nc2cncc(C(F)(F)F)n2)C[C@H]1O. The maximum atomic E-state index is 12.8. The van der Waals surface area contributed by atoms with Gasteiger partial charge < -0.3 is 20.3 Å². The summed E-state index contributed by atoms with van der Waals surface area (Å²) in [6.07, 6.45) is -4.91. The molecule has 3 N–H and O–H groups in total. The molecule has 26 heavy (non-hydrogen) atoms. The van der Waals surface area contributed by atoms with Gasteiger partial charge in [-0.1, -0.05) is 30.3 Å². The molecule has 0 radical (unpaired) electrons. The minimum atomic E-state index is -4.60. The van der Waals surface area contributed by atoms with Gasteiger partial charge in [0.05, 0.1) is 31.1 Å². The van der Waals surface area contributed by atoms with E-state index < -0.39 is 36.2 Å². The molecule has 0 spiro atoms. The van der Waals surface area contributed by atoms with Crippen molar-refractivity contribution in [2.45, 2.75) is 37.0 Å². The number of hydrogen-bond acceptors (Lipinski definition) is 6. The molecule has 2 heterocycles. The number of ether oxygens (including phenoxy) is 1. The minimum absolute atomic E-state index is 0.0657. The first kappa shape index (κ1) is 18.6. The van der Waals surface area contributed by atoms with Gasteiger partial charge >= 0.3 is 6.18 Å². The second-order valence-corrected chi connectivity index (χ2v) is 6.03. The Kier molecular flexibility index (Phi) is 5.40. The fraction of sp³-hybridized carbons (Fsp3) is 0.412. The van der Waals surface area contributed by atoms with Crippen molar-refractivity contribution in [1.82, 2.24) is 9.97 Å². The lowest BCUT2D eigenvalue weighted by atomic mass is 9.91. The Labute approximate surface area is 147 Å². The predicted octanol–water partition coefficient (Wildman–Crippen LogP) is 2.16. The van der Waals surface area contributed by atoms with Crippen LogP contribution < -0.4 is 5.32 Å². The number of hydrogen-bond donors (Lipinski definition) is 3. The third kappa shape index (κ3) is 4.12. The van der Waals surface area contributed by atoms with Gasteiger partial charge in [0.1, 0.15) is 18.0 Å². The summed E-state index contributed by atoms with van der Waals surface area (Å²) in [5.74, 6) is -0.0657. The van der Waals surface area contributed by atoms with Crippen LogP contribution in [-0.2, 0) is 10.9 Å². The summed E-state index contributed by atoms with van der Waals surface area (Å²) < 4.78 is 44.3. The van der Waals surface area contributed by atoms with E-state index in [1.807, 2.05) is 18.2 Å². The average molecular weight is 369 g/mol. The van der Waals surface area contributed by atoms with E-state index in [9.17, 15) is 23.4 Å². The molecule has 0 saturated carbocycles. The van der Waals surface area contributed by atoms with Gasteiger partial charge in [0.15, 0.2) is 5.69 Å². The van der Waals surface area contributed by atoms with Crippen molar-refractivity contribution in [2.75, 3.05) is 11.9 Å². The van der Waals surface area contributed by atoms with Crippen molar-refractivity contribution < 1.29 is 28.1 Å². The first-order chi connectivity index (χ1) is 12.4. The van der Waals surface area contributed by atoms with E-state index in [2.05, 4.69) is 15.3 Å². The largest absolute Gasteiger partial charge is 0.434 e. The van der Waals surface area contributed by atoms with Crippen LogP contribution in [0.1, 0.15) is 23.8 Å². The molecule has 1 aliphatic rings. The predicted molar refractivity (Wildman–Crippen MR) is 86.2 cm³/mol. The molecule has 1 saturated heterocycles. The number of nitrogens with zero attached hydrogens (tertiary/aromatic N) is 2. The van der Waals surface area contributed by atoms with Crippen molar-refractivity contribution in [2.24, 2.45) is 0 Å². The zero-order valence-electron chi connectivity index (χ0n) is 13.6. The normalized spacial score (nSPS) is 26.5. The van der Waals surface area contributed by atoms with Crippen LogP contribution in [0.15, 0.2) is 42.7 Å². The second-order valence-electron chi connectivity index (χ2n) is 6.03. The molecule has 0 amide bonds. The minimum Gasteiger partial charge on any atom is -0.394 e. The van der Waals surface area contributed by atoms with Crippen LogP contribution in [0.4, 0.5) is 19.0 Å². The fourth-order valence-corrected chi connectivity index (χ4v) is 2.92. The van der Waals surface area contributed by atoms with E-state index in [0.717, 1.165) is 5.56 Å². The first-order valence-electron chi connectivity index (χ1n) is 8.03. The Bertz CT molecular complexity index is 730. The zero-order chi connectivity index (χ0) is 18.7. The van der Waals surface area contributed by atoms with Crippen LogP contribution >= 0.6 is 0 Å². The Morgan fingerprint density at radius 2 is 1.92 bits per heavy atom. The lowest BCUT2D eigenvalue weighted by molar-refractivity contribution is -0.142. The quantitative estimate of drug-likeness (QED) is 0.766. The molecule has 9 heteroatoms. The second kappa shape index (κ2) is 7.56. The van der Waals surface area contributed by atoms with E-state index in [0.29, 0.717) is 6.20 Å². The molecule has 1 aromatic heterocycles. The molecule has 2 aromatic rings. The number of rotatable bonds is 4. The molecule has 140 valence electrons. The van der Waals surface area contributed by atoms with Gasteiger partial charge in [0, 0.05) is 0 Å². The Balaban J connectivity index is 1.86. The van der Waals surface area contributed by atoms with Crippen LogP contribution in [0.3, 0.4) is 0 Å². The summed E-state index contributed by atoms with van der Waals surface area (Å²) in [6.45, 7) is -0.361. The average Bonchev–Trinajstić information content (AvgIpc) is 2.62. The molecular weight excluding hydrogens is 351 g/mol. The molecule has 4 atom stereocenters. The number of nitrogens with one attached hydrogen (secondary N) is 1. The van der Waals surface area contributed by atoms with Crippen LogP contribution in [0.25, 0.3) is 0 Å². The van der Waals surface area contributed by atoms with E-state index >= 15 is 0 Å². The maximum Gasteiger partial charge on any atom is 0.434 e. The highest BCUT2D eigenvalue weighted by Gasteiger charge is 2.38. The highest BCUT2D eigenvalue weighted by atomic mass is 19.4. The molecule has 6 nitrogen and oxygen atoms in total. The smallest absolute Gasteiger partial charge is 0.394 e. The number of benzene rings is 1. The highest BCUT2D eigenvalue weighted by molar-refractivity contribution is 5.36. The standard InChI is InChI=1S/C17H18F3N3O3/c18-17(19,20)14-7-21-8-15(23-14)22-11-6-12(25)13(9-24)26-16(11)10-4-2-1-3-5-10/h1-5,7-8,11-13,16,24-25H,6,9H2,(H,22,23)/t11-,12-,13-,16-/m1/s1. The number of anilines is 1. The van der Waals surface area contributed by atoms with Gasteiger partial charge in [-0.3, -0.25) is 4.98 Å². The molecule has 1 aromatic carbocycles. The third-order valence-electron chi connectivity index (χ3n) is 4.18. The number of aliphatic hydroxyl groups is 2. The van der Waals surface area contributed by atoms with Gasteiger partial charge in [-0.05, 0) is 12.0 Å². The molecule has 1 aliphatic heterocycles. The third-order valence-corrected chi connectivity index (χ3v) is 4.18. The monoisotopic (exact) mass is 369 g/mol. The lowest BCUT2D eigenvalue weighted by Crippen LogP contribution is -2.47. The summed E-state index contributed by atoms with van der Waals surface area (Å²) in [5, 5.41) is 22.4. The lowest BCUT2D eigenvalue weighted by Gasteiger charge is -2.39. The Morgan fingerprint density at radius 3 is 2.58 bits per heavy atom. The Morgan fingerprint density at radius 1 is 1.19 bits per heavy atom. The first-order valence-corrected chi connectivity index (χ1v) is 8.03. The molecule has 0 bridgehead atoms.